The zero-order valence-corrected chi connectivity index (χ0v) is 26.1. The van der Waals surface area contributed by atoms with Crippen LogP contribution in [0.3, 0.4) is 0 Å². The lowest BCUT2D eigenvalue weighted by molar-refractivity contribution is -0.146. The lowest BCUT2D eigenvalue weighted by Crippen LogP contribution is -2.32. The van der Waals surface area contributed by atoms with Crippen LogP contribution in [-0.4, -0.2) is 26.8 Å². The molecular weight excluding hydrogens is 603 g/mol. The number of benzene rings is 3. The molecule has 0 bridgehead atoms. The number of fused-ring (bicyclic) bond motifs is 1. The fourth-order valence-corrected chi connectivity index (χ4v) is 6.74. The van der Waals surface area contributed by atoms with Gasteiger partial charge < -0.3 is 14.8 Å². The zero-order valence-electron chi connectivity index (χ0n) is 23.8. The molecule has 0 spiro atoms. The van der Waals surface area contributed by atoms with Crippen LogP contribution >= 0.6 is 35.0 Å². The number of hydrogen-bond donors (Lipinski definition) is 1. The smallest absolute Gasteiger partial charge is 0.338 e. The summed E-state index contributed by atoms with van der Waals surface area (Å²) in [7, 11) is 0. The molecule has 6 rings (SSSR count). The number of aromatic nitrogens is 3. The van der Waals surface area contributed by atoms with Crippen LogP contribution in [-0.2, 0) is 21.9 Å². The molecule has 1 aromatic heterocycles. The third-order valence-electron chi connectivity index (χ3n) is 7.70. The first-order chi connectivity index (χ1) is 21.0. The van der Waals surface area contributed by atoms with Gasteiger partial charge in [-0.15, -0.1) is 5.10 Å². The van der Waals surface area contributed by atoms with Crippen molar-refractivity contribution in [3.05, 3.63) is 111 Å². The number of thioether (sulfide) groups is 1. The van der Waals surface area contributed by atoms with Gasteiger partial charge in [0.05, 0.1) is 5.57 Å². The van der Waals surface area contributed by atoms with Crippen molar-refractivity contribution in [1.82, 2.24) is 14.8 Å². The first-order valence-electron chi connectivity index (χ1n) is 14.4. The summed E-state index contributed by atoms with van der Waals surface area (Å²) >= 11 is 14.1. The second-order valence-electron chi connectivity index (χ2n) is 10.7. The van der Waals surface area contributed by atoms with Gasteiger partial charge in [-0.25, -0.2) is 9.48 Å². The second-order valence-corrected chi connectivity index (χ2v) is 12.5. The van der Waals surface area contributed by atoms with Crippen molar-refractivity contribution in [2.75, 3.05) is 5.32 Å². The minimum atomic E-state index is -0.609. The van der Waals surface area contributed by atoms with E-state index >= 15 is 0 Å². The van der Waals surface area contributed by atoms with Crippen LogP contribution in [0.15, 0.2) is 89.2 Å². The van der Waals surface area contributed by atoms with E-state index in [1.165, 1.54) is 12.0 Å². The Labute approximate surface area is 265 Å². The number of carbonyl (C=O) groups excluding carboxylic acids is 1. The highest BCUT2D eigenvalue weighted by atomic mass is 35.5. The predicted molar refractivity (Wildman–Crippen MR) is 171 cm³/mol. The van der Waals surface area contributed by atoms with Gasteiger partial charge in [0.25, 0.3) is 0 Å². The Hall–Kier alpha value is -3.46. The van der Waals surface area contributed by atoms with Crippen LogP contribution in [0.1, 0.15) is 61.8 Å². The van der Waals surface area contributed by atoms with E-state index in [1.54, 1.807) is 28.6 Å². The number of nitrogens with one attached hydrogen (secondary N) is 1. The molecule has 0 saturated heterocycles. The second kappa shape index (κ2) is 13.5. The molecule has 3 aromatic carbocycles. The normalized spacial score (nSPS) is 16.9. The summed E-state index contributed by atoms with van der Waals surface area (Å²) in [5.74, 6) is 1.54. The largest absolute Gasteiger partial charge is 0.488 e. The molecule has 43 heavy (non-hydrogen) atoms. The van der Waals surface area contributed by atoms with Gasteiger partial charge in [0.2, 0.25) is 11.1 Å². The molecule has 0 radical (unpaired) electrons. The van der Waals surface area contributed by atoms with E-state index in [-0.39, 0.29) is 18.7 Å². The lowest BCUT2D eigenvalue weighted by Gasteiger charge is -2.30. The Balaban J connectivity index is 1.34. The number of nitrogens with zero attached hydrogens (tertiary/aromatic N) is 3. The Morgan fingerprint density at radius 1 is 1.02 bits per heavy atom. The number of esters is 1. The van der Waals surface area contributed by atoms with Crippen LogP contribution in [0.5, 0.6) is 5.75 Å². The molecule has 1 aliphatic heterocycles. The summed E-state index contributed by atoms with van der Waals surface area (Å²) in [5, 5.41) is 9.91. The molecule has 10 heteroatoms. The maximum atomic E-state index is 13.9. The summed E-state index contributed by atoms with van der Waals surface area (Å²) in [5.41, 5.74) is 3.92. The fourth-order valence-electron chi connectivity index (χ4n) is 5.50. The molecule has 222 valence electrons. The topological polar surface area (TPSA) is 78.3 Å². The number of ether oxygens (including phenoxy) is 2. The molecule has 1 aliphatic carbocycles. The number of hydrogen-bond acceptors (Lipinski definition) is 7. The first kappa shape index (κ1) is 29.6. The molecule has 1 saturated carbocycles. The Bertz CT molecular complexity index is 1640. The molecular formula is C33H32Cl2N4O3S. The fraction of sp³-hybridized carbons (Fsp3) is 0.303. The monoisotopic (exact) mass is 634 g/mol. The highest BCUT2D eigenvalue weighted by Gasteiger charge is 2.38. The maximum Gasteiger partial charge on any atom is 0.338 e. The van der Waals surface area contributed by atoms with Crippen molar-refractivity contribution in [3.8, 4) is 5.75 Å². The molecule has 1 atom stereocenters. The van der Waals surface area contributed by atoms with E-state index in [9.17, 15) is 4.79 Å². The Morgan fingerprint density at radius 3 is 2.58 bits per heavy atom. The summed E-state index contributed by atoms with van der Waals surface area (Å²) in [6.45, 7) is 2.11. The van der Waals surface area contributed by atoms with Gasteiger partial charge in [0.15, 0.2) is 0 Å². The first-order valence-corrected chi connectivity index (χ1v) is 16.2. The standard InChI is InChI=1S/C33H32Cl2N4O3S/c1-21-29(31(40)42-25-12-6-3-7-13-25)30(39-32(36-21)37-33(38-39)43-20-22-10-4-2-5-11-22)26-14-8-9-15-28(26)41-19-23-16-17-24(34)18-27(23)35/h2,4-5,8-11,14-18,25,30H,3,6-7,12-13,19-20H2,1H3,(H,36,37,38). The van der Waals surface area contributed by atoms with Crippen molar-refractivity contribution < 1.29 is 14.3 Å². The molecule has 2 aliphatic rings. The van der Waals surface area contributed by atoms with Gasteiger partial charge in [0, 0.05) is 32.6 Å². The number of rotatable bonds is 9. The van der Waals surface area contributed by atoms with Crippen molar-refractivity contribution in [1.29, 1.82) is 0 Å². The third-order valence-corrected chi connectivity index (χ3v) is 9.20. The third kappa shape index (κ3) is 6.87. The molecule has 2 heterocycles. The maximum absolute atomic E-state index is 13.9. The number of para-hydroxylation sites is 1. The molecule has 4 aromatic rings. The van der Waals surface area contributed by atoms with Gasteiger partial charge in [-0.05, 0) is 56.4 Å². The minimum Gasteiger partial charge on any atom is -0.488 e. The Kier molecular flexibility index (Phi) is 9.26. The summed E-state index contributed by atoms with van der Waals surface area (Å²) in [6.07, 6.45) is 4.98. The van der Waals surface area contributed by atoms with E-state index in [0.29, 0.717) is 38.2 Å². The van der Waals surface area contributed by atoms with Gasteiger partial charge in [0.1, 0.15) is 24.5 Å². The highest BCUT2D eigenvalue weighted by Crippen LogP contribution is 2.41. The average molecular weight is 636 g/mol. The quantitative estimate of drug-likeness (QED) is 0.146. The Morgan fingerprint density at radius 2 is 1.79 bits per heavy atom. The van der Waals surface area contributed by atoms with E-state index in [4.69, 9.17) is 42.8 Å². The van der Waals surface area contributed by atoms with Crippen LogP contribution in [0.25, 0.3) is 0 Å². The zero-order chi connectivity index (χ0) is 29.8. The average Bonchev–Trinajstić information content (AvgIpc) is 3.42. The van der Waals surface area contributed by atoms with E-state index in [1.807, 2.05) is 55.5 Å². The van der Waals surface area contributed by atoms with E-state index in [0.717, 1.165) is 42.6 Å². The van der Waals surface area contributed by atoms with Crippen LogP contribution in [0.2, 0.25) is 10.0 Å². The summed E-state index contributed by atoms with van der Waals surface area (Å²) in [4.78, 5) is 18.7. The molecule has 1 N–H and O–H groups in total. The van der Waals surface area contributed by atoms with Gasteiger partial charge >= 0.3 is 5.97 Å². The predicted octanol–water partition coefficient (Wildman–Crippen LogP) is 8.62. The van der Waals surface area contributed by atoms with Crippen LogP contribution in [0.4, 0.5) is 5.95 Å². The summed E-state index contributed by atoms with van der Waals surface area (Å²) in [6, 6.07) is 22.6. The molecule has 7 nitrogen and oxygen atoms in total. The molecule has 1 fully saturated rings. The van der Waals surface area contributed by atoms with Crippen molar-refractivity contribution in [2.24, 2.45) is 0 Å². The molecule has 0 amide bonds. The van der Waals surface area contributed by atoms with Crippen molar-refractivity contribution in [3.63, 3.8) is 0 Å². The van der Waals surface area contributed by atoms with Gasteiger partial charge in [-0.1, -0.05) is 96.0 Å². The molecule has 1 unspecified atom stereocenters. The minimum absolute atomic E-state index is 0.0881. The van der Waals surface area contributed by atoms with E-state index < -0.39 is 6.04 Å². The van der Waals surface area contributed by atoms with Gasteiger partial charge in [-0.2, -0.15) is 4.98 Å². The number of halogens is 2. The van der Waals surface area contributed by atoms with Gasteiger partial charge in [-0.3, -0.25) is 0 Å². The number of carbonyl (C=O) groups is 1. The lowest BCUT2D eigenvalue weighted by atomic mass is 9.94. The van der Waals surface area contributed by atoms with Crippen molar-refractivity contribution >= 4 is 46.9 Å². The number of allylic oxidation sites excluding steroid dienone is 1. The van der Waals surface area contributed by atoms with E-state index in [2.05, 4.69) is 17.4 Å². The van der Waals surface area contributed by atoms with Crippen LogP contribution in [0, 0.1) is 0 Å². The van der Waals surface area contributed by atoms with Crippen molar-refractivity contribution in [2.45, 2.75) is 68.7 Å². The SMILES string of the molecule is CC1=C(C(=O)OC2CCCCC2)C(c2ccccc2OCc2ccc(Cl)cc2Cl)n2nc(SCc3ccccc3)nc2N1. The number of anilines is 1. The highest BCUT2D eigenvalue weighted by molar-refractivity contribution is 7.98. The van der Waals surface area contributed by atoms with Crippen LogP contribution < -0.4 is 10.1 Å². The summed E-state index contributed by atoms with van der Waals surface area (Å²) < 4.78 is 14.2.